The van der Waals surface area contributed by atoms with Crippen LogP contribution in [0, 0.1) is 5.92 Å². The van der Waals surface area contributed by atoms with Crippen molar-refractivity contribution in [2.75, 3.05) is 37.6 Å². The Morgan fingerprint density at radius 3 is 2.29 bits per heavy atom. The largest absolute Gasteiger partial charge is 0.379 e. The molecule has 1 amide bonds. The zero-order valence-corrected chi connectivity index (χ0v) is 18.9. The van der Waals surface area contributed by atoms with Crippen LogP contribution in [0.3, 0.4) is 0 Å². The van der Waals surface area contributed by atoms with E-state index in [0.717, 1.165) is 32.7 Å². The van der Waals surface area contributed by atoms with E-state index < -0.39 is 10.0 Å². The number of rotatable bonds is 9. The van der Waals surface area contributed by atoms with E-state index in [0.29, 0.717) is 23.7 Å². The van der Waals surface area contributed by atoms with Gasteiger partial charge in [0.2, 0.25) is 0 Å². The Kier molecular flexibility index (Phi) is 8.06. The van der Waals surface area contributed by atoms with Crippen molar-refractivity contribution in [2.24, 2.45) is 5.92 Å². The second kappa shape index (κ2) is 10.7. The number of ether oxygens (including phenoxy) is 1. The van der Waals surface area contributed by atoms with Crippen molar-refractivity contribution in [1.29, 1.82) is 0 Å². The second-order valence-electron chi connectivity index (χ2n) is 8.14. The molecular formula is C23H31N3O4S. The minimum Gasteiger partial charge on any atom is -0.379 e. The van der Waals surface area contributed by atoms with Crippen LogP contribution >= 0.6 is 0 Å². The summed E-state index contributed by atoms with van der Waals surface area (Å²) in [5.41, 5.74) is 0.924. The number of carbonyl (C=O) groups excluding carboxylic acids is 1. The van der Waals surface area contributed by atoms with Gasteiger partial charge < -0.3 is 10.1 Å². The highest BCUT2D eigenvalue weighted by atomic mass is 32.2. The lowest BCUT2D eigenvalue weighted by Crippen LogP contribution is -2.49. The molecule has 1 fully saturated rings. The Balaban J connectivity index is 1.61. The number of para-hydroxylation sites is 1. The van der Waals surface area contributed by atoms with Crippen molar-refractivity contribution in [3.8, 4) is 0 Å². The fraction of sp³-hybridized carbons (Fsp3) is 0.435. The minimum atomic E-state index is -3.71. The molecule has 2 aromatic rings. The summed E-state index contributed by atoms with van der Waals surface area (Å²) in [4.78, 5) is 15.1. The number of hydrogen-bond donors (Lipinski definition) is 2. The van der Waals surface area contributed by atoms with Gasteiger partial charge in [-0.25, -0.2) is 8.42 Å². The first kappa shape index (κ1) is 23.2. The second-order valence-corrected chi connectivity index (χ2v) is 9.82. The third kappa shape index (κ3) is 6.78. The van der Waals surface area contributed by atoms with Gasteiger partial charge in [-0.1, -0.05) is 32.0 Å². The van der Waals surface area contributed by atoms with E-state index in [1.807, 2.05) is 6.07 Å². The van der Waals surface area contributed by atoms with Gasteiger partial charge in [-0.2, -0.15) is 0 Å². The third-order valence-electron chi connectivity index (χ3n) is 5.26. The zero-order chi connectivity index (χ0) is 22.3. The topological polar surface area (TPSA) is 87.7 Å². The summed E-state index contributed by atoms with van der Waals surface area (Å²) in [6.07, 6.45) is 0.989. The van der Waals surface area contributed by atoms with Gasteiger partial charge in [0.15, 0.2) is 0 Å². The van der Waals surface area contributed by atoms with E-state index in [4.69, 9.17) is 4.74 Å². The Labute approximate surface area is 184 Å². The lowest BCUT2D eigenvalue weighted by atomic mass is 10.0. The van der Waals surface area contributed by atoms with Crippen LogP contribution in [0.5, 0.6) is 0 Å². The molecule has 1 unspecified atom stereocenters. The molecule has 1 atom stereocenters. The van der Waals surface area contributed by atoms with Gasteiger partial charge in [0.1, 0.15) is 0 Å². The first-order valence-corrected chi connectivity index (χ1v) is 12.1. The minimum absolute atomic E-state index is 0.110. The number of amides is 1. The van der Waals surface area contributed by atoms with Crippen LogP contribution in [-0.4, -0.2) is 58.1 Å². The number of nitrogens with one attached hydrogen (secondary N) is 2. The standard InChI is InChI=1S/C23H31N3O4S/c1-18(2)16-21(26-12-14-30-15-13-26)17-24-23(27)19-8-10-22(11-9-19)31(28,29)25-20-6-4-3-5-7-20/h3-11,18,21,25H,12-17H2,1-2H3,(H,24,27). The molecule has 3 rings (SSSR count). The molecule has 1 heterocycles. The molecule has 7 nitrogen and oxygen atoms in total. The Bertz CT molecular complexity index is 941. The van der Waals surface area contributed by atoms with Gasteiger partial charge in [0, 0.05) is 36.9 Å². The molecule has 8 heteroatoms. The molecule has 168 valence electrons. The van der Waals surface area contributed by atoms with Crippen molar-refractivity contribution in [3.63, 3.8) is 0 Å². The van der Waals surface area contributed by atoms with Gasteiger partial charge >= 0.3 is 0 Å². The van der Waals surface area contributed by atoms with E-state index in [-0.39, 0.29) is 16.8 Å². The van der Waals surface area contributed by atoms with Gasteiger partial charge in [0.05, 0.1) is 18.1 Å². The molecule has 1 aliphatic rings. The van der Waals surface area contributed by atoms with E-state index in [9.17, 15) is 13.2 Å². The SMILES string of the molecule is CC(C)CC(CNC(=O)c1ccc(S(=O)(=O)Nc2ccccc2)cc1)N1CCOCC1. The summed E-state index contributed by atoms with van der Waals surface area (Å²) in [5, 5.41) is 3.01. The lowest BCUT2D eigenvalue weighted by molar-refractivity contribution is 0.0124. The van der Waals surface area contributed by atoms with Crippen LogP contribution in [0.2, 0.25) is 0 Å². The van der Waals surface area contributed by atoms with Gasteiger partial charge in [-0.05, 0) is 48.7 Å². The summed E-state index contributed by atoms with van der Waals surface area (Å²) in [6, 6.07) is 14.9. The first-order valence-electron chi connectivity index (χ1n) is 10.6. The number of sulfonamides is 1. The zero-order valence-electron chi connectivity index (χ0n) is 18.1. The molecule has 1 saturated heterocycles. The Morgan fingerprint density at radius 1 is 1.03 bits per heavy atom. The monoisotopic (exact) mass is 445 g/mol. The predicted molar refractivity (Wildman–Crippen MR) is 122 cm³/mol. The number of hydrogen-bond acceptors (Lipinski definition) is 5. The summed E-state index contributed by atoms with van der Waals surface area (Å²) < 4.78 is 33.1. The van der Waals surface area contributed by atoms with Crippen LogP contribution in [-0.2, 0) is 14.8 Å². The normalized spacial score (nSPS) is 16.1. The first-order chi connectivity index (χ1) is 14.8. The van der Waals surface area contributed by atoms with E-state index in [2.05, 4.69) is 28.8 Å². The number of carbonyl (C=O) groups is 1. The van der Waals surface area contributed by atoms with Crippen LogP contribution in [0.25, 0.3) is 0 Å². The predicted octanol–water partition coefficient (Wildman–Crippen LogP) is 2.96. The van der Waals surface area contributed by atoms with E-state index in [1.165, 1.54) is 12.1 Å². The molecule has 0 spiro atoms. The highest BCUT2D eigenvalue weighted by Crippen LogP contribution is 2.17. The highest BCUT2D eigenvalue weighted by Gasteiger charge is 2.23. The fourth-order valence-corrected chi connectivity index (χ4v) is 4.73. The number of nitrogens with zero attached hydrogens (tertiary/aromatic N) is 1. The van der Waals surface area contributed by atoms with Gasteiger partial charge in [-0.15, -0.1) is 0 Å². The maximum atomic E-state index is 12.7. The maximum absolute atomic E-state index is 12.7. The summed E-state index contributed by atoms with van der Waals surface area (Å²) >= 11 is 0. The molecule has 2 N–H and O–H groups in total. The number of benzene rings is 2. The van der Waals surface area contributed by atoms with Crippen molar-refractivity contribution in [1.82, 2.24) is 10.2 Å². The molecule has 0 aliphatic carbocycles. The van der Waals surface area contributed by atoms with Crippen LogP contribution in [0.4, 0.5) is 5.69 Å². The van der Waals surface area contributed by atoms with Crippen LogP contribution in [0.15, 0.2) is 59.5 Å². The van der Waals surface area contributed by atoms with Crippen molar-refractivity contribution < 1.29 is 17.9 Å². The van der Waals surface area contributed by atoms with Crippen LogP contribution < -0.4 is 10.0 Å². The van der Waals surface area contributed by atoms with Crippen molar-refractivity contribution in [3.05, 3.63) is 60.2 Å². The third-order valence-corrected chi connectivity index (χ3v) is 6.65. The Morgan fingerprint density at radius 2 is 1.68 bits per heavy atom. The molecule has 0 radical (unpaired) electrons. The molecule has 0 aromatic heterocycles. The number of anilines is 1. The van der Waals surface area contributed by atoms with Gasteiger partial charge in [0.25, 0.3) is 15.9 Å². The molecule has 0 bridgehead atoms. The lowest BCUT2D eigenvalue weighted by Gasteiger charge is -2.35. The summed E-state index contributed by atoms with van der Waals surface area (Å²) in [7, 11) is -3.71. The van der Waals surface area contributed by atoms with Crippen molar-refractivity contribution >= 4 is 21.6 Å². The number of morpholine rings is 1. The summed E-state index contributed by atoms with van der Waals surface area (Å²) in [5.74, 6) is 0.313. The van der Waals surface area contributed by atoms with Crippen molar-refractivity contribution in [2.45, 2.75) is 31.2 Å². The Hall–Kier alpha value is -2.42. The average molecular weight is 446 g/mol. The highest BCUT2D eigenvalue weighted by molar-refractivity contribution is 7.92. The average Bonchev–Trinajstić information content (AvgIpc) is 2.77. The molecule has 0 saturated carbocycles. The molecule has 1 aliphatic heterocycles. The smallest absolute Gasteiger partial charge is 0.261 e. The van der Waals surface area contributed by atoms with E-state index >= 15 is 0 Å². The maximum Gasteiger partial charge on any atom is 0.261 e. The van der Waals surface area contributed by atoms with Gasteiger partial charge in [-0.3, -0.25) is 14.4 Å². The fourth-order valence-electron chi connectivity index (χ4n) is 3.67. The van der Waals surface area contributed by atoms with Crippen LogP contribution in [0.1, 0.15) is 30.6 Å². The molecule has 2 aromatic carbocycles. The van der Waals surface area contributed by atoms with E-state index in [1.54, 1.807) is 36.4 Å². The molecular weight excluding hydrogens is 414 g/mol. The summed E-state index contributed by atoms with van der Waals surface area (Å²) in [6.45, 7) is 8.08. The molecule has 31 heavy (non-hydrogen) atoms. The quantitative estimate of drug-likeness (QED) is 0.620.